The Morgan fingerprint density at radius 1 is 1.33 bits per heavy atom. The third kappa shape index (κ3) is 3.59. The van der Waals surface area contributed by atoms with Crippen LogP contribution in [0.2, 0.25) is 0 Å². The minimum Gasteiger partial charge on any atom is -0.376 e. The monoisotopic (exact) mass is 276 g/mol. The van der Waals surface area contributed by atoms with E-state index in [1.54, 1.807) is 4.90 Å². The second-order valence-electron chi connectivity index (χ2n) is 5.54. The fraction of sp³-hybridized carbons (Fsp3) is 0.923. The van der Waals surface area contributed by atoms with Crippen molar-refractivity contribution in [3.63, 3.8) is 0 Å². The van der Waals surface area contributed by atoms with Gasteiger partial charge in [0.2, 0.25) is 5.91 Å². The van der Waals surface area contributed by atoms with Crippen molar-refractivity contribution in [3.05, 3.63) is 0 Å². The summed E-state index contributed by atoms with van der Waals surface area (Å²) >= 11 is 0. The van der Waals surface area contributed by atoms with Gasteiger partial charge < -0.3 is 15.4 Å². The van der Waals surface area contributed by atoms with E-state index in [9.17, 15) is 4.79 Å². The minimum absolute atomic E-state index is 0. The van der Waals surface area contributed by atoms with Gasteiger partial charge in [-0.15, -0.1) is 12.4 Å². The summed E-state index contributed by atoms with van der Waals surface area (Å²) in [4.78, 5) is 14.1. The highest BCUT2D eigenvalue weighted by atomic mass is 35.5. The van der Waals surface area contributed by atoms with E-state index in [0.29, 0.717) is 6.54 Å². The van der Waals surface area contributed by atoms with Crippen LogP contribution in [0.3, 0.4) is 0 Å². The number of amides is 1. The maximum atomic E-state index is 12.4. The molecule has 2 rings (SSSR count). The van der Waals surface area contributed by atoms with E-state index < -0.39 is 5.54 Å². The smallest absolute Gasteiger partial charge is 0.242 e. The predicted octanol–water partition coefficient (Wildman–Crippen LogP) is 1.71. The van der Waals surface area contributed by atoms with Crippen LogP contribution in [0, 0.1) is 0 Å². The van der Waals surface area contributed by atoms with Crippen molar-refractivity contribution < 1.29 is 9.53 Å². The van der Waals surface area contributed by atoms with Gasteiger partial charge in [-0.2, -0.15) is 0 Å². The first kappa shape index (κ1) is 15.7. The second-order valence-corrected chi connectivity index (χ2v) is 5.54. The highest BCUT2D eigenvalue weighted by Crippen LogP contribution is 2.27. The topological polar surface area (TPSA) is 55.6 Å². The summed E-state index contributed by atoms with van der Waals surface area (Å²) in [6, 6.07) is 0. The zero-order valence-corrected chi connectivity index (χ0v) is 12.0. The summed E-state index contributed by atoms with van der Waals surface area (Å²) < 4.78 is 5.56. The molecule has 1 heterocycles. The van der Waals surface area contributed by atoms with Crippen molar-refractivity contribution >= 4 is 18.3 Å². The van der Waals surface area contributed by atoms with E-state index in [4.69, 9.17) is 10.5 Å². The van der Waals surface area contributed by atoms with Gasteiger partial charge in [-0.3, -0.25) is 4.79 Å². The van der Waals surface area contributed by atoms with Crippen LogP contribution < -0.4 is 5.73 Å². The largest absolute Gasteiger partial charge is 0.376 e. The molecule has 1 saturated heterocycles. The van der Waals surface area contributed by atoms with Crippen LogP contribution in [0.4, 0.5) is 0 Å². The minimum atomic E-state index is -0.606. The van der Waals surface area contributed by atoms with Crippen LogP contribution in [-0.4, -0.2) is 42.6 Å². The molecule has 1 aliphatic heterocycles. The molecule has 1 atom stereocenters. The van der Waals surface area contributed by atoms with Crippen LogP contribution in [0.25, 0.3) is 0 Å². The van der Waals surface area contributed by atoms with Gasteiger partial charge in [0.1, 0.15) is 0 Å². The summed E-state index contributed by atoms with van der Waals surface area (Å²) in [5.41, 5.74) is 5.64. The number of nitrogens with zero attached hydrogens (tertiary/aromatic N) is 1. The SMILES string of the molecule is CN(CC1CCCO1)C(=O)C1(N)CCCCC1.Cl. The number of likely N-dealkylation sites (N-methyl/N-ethyl adjacent to an activating group) is 1. The van der Waals surface area contributed by atoms with Crippen molar-refractivity contribution in [2.45, 2.75) is 56.6 Å². The van der Waals surface area contributed by atoms with E-state index >= 15 is 0 Å². The molecule has 4 nitrogen and oxygen atoms in total. The highest BCUT2D eigenvalue weighted by molar-refractivity contribution is 5.86. The molecule has 0 spiro atoms. The lowest BCUT2D eigenvalue weighted by Crippen LogP contribution is -2.56. The van der Waals surface area contributed by atoms with Crippen molar-refractivity contribution in [3.8, 4) is 0 Å². The average Bonchev–Trinajstić information content (AvgIpc) is 2.81. The van der Waals surface area contributed by atoms with Gasteiger partial charge in [0.05, 0.1) is 11.6 Å². The highest BCUT2D eigenvalue weighted by Gasteiger charge is 2.37. The zero-order chi connectivity index (χ0) is 12.3. The maximum Gasteiger partial charge on any atom is 0.242 e. The molecule has 1 amide bonds. The molecule has 0 radical (unpaired) electrons. The van der Waals surface area contributed by atoms with Gasteiger partial charge in [0.25, 0.3) is 0 Å². The van der Waals surface area contributed by atoms with Crippen LogP contribution >= 0.6 is 12.4 Å². The zero-order valence-electron chi connectivity index (χ0n) is 11.2. The lowest BCUT2D eigenvalue weighted by atomic mass is 9.81. The lowest BCUT2D eigenvalue weighted by molar-refractivity contribution is -0.138. The van der Waals surface area contributed by atoms with E-state index in [1.165, 1.54) is 6.42 Å². The molecule has 2 fully saturated rings. The molecule has 5 heteroatoms. The molecule has 2 N–H and O–H groups in total. The third-order valence-electron chi connectivity index (χ3n) is 4.02. The Kier molecular flexibility index (Phi) is 5.89. The Hall–Kier alpha value is -0.320. The van der Waals surface area contributed by atoms with Crippen LogP contribution in [-0.2, 0) is 9.53 Å². The number of halogens is 1. The van der Waals surface area contributed by atoms with E-state index in [1.807, 2.05) is 7.05 Å². The summed E-state index contributed by atoms with van der Waals surface area (Å²) in [7, 11) is 1.85. The molecule has 18 heavy (non-hydrogen) atoms. The Morgan fingerprint density at radius 2 is 2.00 bits per heavy atom. The number of ether oxygens (including phenoxy) is 1. The molecule has 2 aliphatic rings. The first-order valence-corrected chi connectivity index (χ1v) is 6.78. The Labute approximate surface area is 116 Å². The molecule has 0 bridgehead atoms. The van der Waals surface area contributed by atoms with E-state index in [-0.39, 0.29) is 24.4 Å². The summed E-state index contributed by atoms with van der Waals surface area (Å²) in [5, 5.41) is 0. The fourth-order valence-electron chi connectivity index (χ4n) is 2.95. The standard InChI is InChI=1S/C13H24N2O2.ClH/c1-15(10-11-6-5-9-17-11)12(16)13(14)7-3-2-4-8-13;/h11H,2-10,14H2,1H3;1H. The molecule has 106 valence electrons. The third-order valence-corrected chi connectivity index (χ3v) is 4.02. The quantitative estimate of drug-likeness (QED) is 0.854. The number of hydrogen-bond donors (Lipinski definition) is 1. The molecule has 0 aromatic heterocycles. The van der Waals surface area contributed by atoms with Crippen LogP contribution in [0.15, 0.2) is 0 Å². The lowest BCUT2D eigenvalue weighted by Gasteiger charge is -2.36. The molecule has 1 unspecified atom stereocenters. The van der Waals surface area contributed by atoms with Crippen molar-refractivity contribution in [2.75, 3.05) is 20.2 Å². The Bertz CT molecular complexity index is 274. The number of carbonyl (C=O) groups excluding carboxylic acids is 1. The Morgan fingerprint density at radius 3 is 2.56 bits per heavy atom. The molecular formula is C13H25ClN2O2. The van der Waals surface area contributed by atoms with Crippen molar-refractivity contribution in [2.24, 2.45) is 5.73 Å². The number of carbonyl (C=O) groups is 1. The van der Waals surface area contributed by atoms with Crippen LogP contribution in [0.5, 0.6) is 0 Å². The number of nitrogens with two attached hydrogens (primary N) is 1. The predicted molar refractivity (Wildman–Crippen MR) is 73.9 cm³/mol. The average molecular weight is 277 g/mol. The first-order chi connectivity index (χ1) is 8.12. The van der Waals surface area contributed by atoms with Gasteiger partial charge in [-0.05, 0) is 25.7 Å². The van der Waals surface area contributed by atoms with Crippen molar-refractivity contribution in [1.29, 1.82) is 0 Å². The van der Waals surface area contributed by atoms with Gasteiger partial charge in [0, 0.05) is 20.2 Å². The fourth-order valence-corrected chi connectivity index (χ4v) is 2.95. The molecule has 1 saturated carbocycles. The number of hydrogen-bond acceptors (Lipinski definition) is 3. The summed E-state index contributed by atoms with van der Waals surface area (Å²) in [5.74, 6) is 0.104. The van der Waals surface area contributed by atoms with Crippen molar-refractivity contribution in [1.82, 2.24) is 4.90 Å². The van der Waals surface area contributed by atoms with Gasteiger partial charge in [-0.25, -0.2) is 0 Å². The Balaban J connectivity index is 0.00000162. The molecular weight excluding hydrogens is 252 g/mol. The molecule has 1 aliphatic carbocycles. The van der Waals surface area contributed by atoms with E-state index in [2.05, 4.69) is 0 Å². The van der Waals surface area contributed by atoms with E-state index in [0.717, 1.165) is 45.1 Å². The summed E-state index contributed by atoms with van der Waals surface area (Å²) in [6.45, 7) is 1.53. The second kappa shape index (κ2) is 6.73. The van der Waals surface area contributed by atoms with Gasteiger partial charge >= 0.3 is 0 Å². The van der Waals surface area contributed by atoms with Gasteiger partial charge in [0.15, 0.2) is 0 Å². The normalized spacial score (nSPS) is 26.4. The maximum absolute atomic E-state index is 12.4. The van der Waals surface area contributed by atoms with Crippen LogP contribution in [0.1, 0.15) is 44.9 Å². The molecule has 0 aromatic carbocycles. The first-order valence-electron chi connectivity index (χ1n) is 6.78. The summed E-state index contributed by atoms with van der Waals surface area (Å²) in [6.07, 6.45) is 7.43. The van der Waals surface area contributed by atoms with Gasteiger partial charge in [-0.1, -0.05) is 19.3 Å². The number of rotatable bonds is 3. The molecule has 0 aromatic rings.